The molecule has 0 aromatic heterocycles. The summed E-state index contributed by atoms with van der Waals surface area (Å²) < 4.78 is 0. The molecule has 16 heavy (non-hydrogen) atoms. The van der Waals surface area contributed by atoms with E-state index in [1.165, 1.54) is 13.8 Å². The normalized spacial score (nSPS) is 16.0. The quantitative estimate of drug-likeness (QED) is 0.665. The van der Waals surface area contributed by atoms with Crippen LogP contribution in [-0.4, -0.2) is 28.3 Å². The van der Waals surface area contributed by atoms with E-state index in [0.29, 0.717) is 6.42 Å². The van der Waals surface area contributed by atoms with Gasteiger partial charge in [-0.1, -0.05) is 20.3 Å². The van der Waals surface area contributed by atoms with Gasteiger partial charge in [0.2, 0.25) is 5.91 Å². The number of rotatable bonds is 6. The molecule has 0 aliphatic rings. The summed E-state index contributed by atoms with van der Waals surface area (Å²) in [6, 6.07) is 0. The topological polar surface area (TPSA) is 83.5 Å². The second-order valence-corrected chi connectivity index (χ2v) is 4.24. The van der Waals surface area contributed by atoms with Crippen molar-refractivity contribution in [3.63, 3.8) is 0 Å². The Balaban J connectivity index is 4.75. The van der Waals surface area contributed by atoms with Gasteiger partial charge in [0.15, 0.2) is 0 Å². The van der Waals surface area contributed by atoms with E-state index >= 15 is 0 Å². The van der Waals surface area contributed by atoms with Gasteiger partial charge in [0.25, 0.3) is 0 Å². The summed E-state index contributed by atoms with van der Waals surface area (Å²) in [6.07, 6.45) is 0.350. The highest BCUT2D eigenvalue weighted by Crippen LogP contribution is 2.20. The van der Waals surface area contributed by atoms with Crippen LogP contribution in [0, 0.1) is 5.92 Å². The molecule has 0 spiro atoms. The van der Waals surface area contributed by atoms with E-state index in [1.54, 1.807) is 6.92 Å². The summed E-state index contributed by atoms with van der Waals surface area (Å²) in [6.45, 7) is 6.35. The molecule has 92 valence electrons. The predicted molar refractivity (Wildman–Crippen MR) is 58.9 cm³/mol. The van der Waals surface area contributed by atoms with Crippen molar-refractivity contribution < 1.29 is 19.5 Å². The number of carboxylic acid groups (broad SMARTS) is 1. The molecule has 0 saturated carbocycles. The van der Waals surface area contributed by atoms with Gasteiger partial charge in [-0.3, -0.25) is 9.59 Å². The number of aliphatic carboxylic acids is 1. The molecule has 0 radical (unpaired) electrons. The maximum atomic E-state index is 11.4. The average molecular weight is 229 g/mol. The first kappa shape index (κ1) is 14.6. The van der Waals surface area contributed by atoms with E-state index in [0.717, 1.165) is 0 Å². The molecule has 0 bridgehead atoms. The second kappa shape index (κ2) is 5.63. The van der Waals surface area contributed by atoms with Crippen LogP contribution in [0.5, 0.6) is 0 Å². The minimum absolute atomic E-state index is 0.207. The summed E-state index contributed by atoms with van der Waals surface area (Å²) in [5.74, 6) is -2.12. The van der Waals surface area contributed by atoms with Crippen LogP contribution in [0.1, 0.15) is 40.5 Å². The highest BCUT2D eigenvalue weighted by molar-refractivity contribution is 5.98. The van der Waals surface area contributed by atoms with Crippen LogP contribution in [0.25, 0.3) is 0 Å². The van der Waals surface area contributed by atoms with E-state index < -0.39 is 17.4 Å². The van der Waals surface area contributed by atoms with Crippen LogP contribution >= 0.6 is 0 Å². The first-order valence-electron chi connectivity index (χ1n) is 5.27. The maximum Gasteiger partial charge on any atom is 0.329 e. The standard InChI is InChI=1S/C11H19NO4/c1-5-7(2)11(4,10(15)16)12-9(14)6-8(3)13/h7H,5-6H2,1-4H3,(H,12,14)(H,15,16)/t7-,11+/m0/s1. The Hall–Kier alpha value is -1.39. The summed E-state index contributed by atoms with van der Waals surface area (Å²) in [5, 5.41) is 11.5. The zero-order valence-corrected chi connectivity index (χ0v) is 10.2. The third-order valence-corrected chi connectivity index (χ3v) is 2.85. The van der Waals surface area contributed by atoms with Crippen molar-refractivity contribution in [3.8, 4) is 0 Å². The molecule has 5 nitrogen and oxygen atoms in total. The Bertz CT molecular complexity index is 300. The third-order valence-electron chi connectivity index (χ3n) is 2.85. The zero-order valence-electron chi connectivity index (χ0n) is 10.2. The molecule has 0 heterocycles. The average Bonchev–Trinajstić information content (AvgIpc) is 2.14. The zero-order chi connectivity index (χ0) is 12.9. The van der Waals surface area contributed by atoms with Gasteiger partial charge < -0.3 is 10.4 Å². The smallest absolute Gasteiger partial charge is 0.329 e. The van der Waals surface area contributed by atoms with E-state index in [2.05, 4.69) is 5.32 Å². The summed E-state index contributed by atoms with van der Waals surface area (Å²) in [5.41, 5.74) is -1.32. The Labute approximate surface area is 95.2 Å². The SMILES string of the molecule is CC[C@H](C)[C@@](C)(NC(=O)CC(C)=O)C(=O)O. The van der Waals surface area contributed by atoms with Crippen LogP contribution in [-0.2, 0) is 14.4 Å². The highest BCUT2D eigenvalue weighted by Gasteiger charge is 2.39. The Morgan fingerprint density at radius 3 is 2.19 bits per heavy atom. The number of ketones is 1. The first-order chi connectivity index (χ1) is 7.24. The number of hydrogen-bond acceptors (Lipinski definition) is 3. The molecule has 2 N–H and O–H groups in total. The Morgan fingerprint density at radius 1 is 1.38 bits per heavy atom. The highest BCUT2D eigenvalue weighted by atomic mass is 16.4. The molecule has 0 saturated heterocycles. The fraction of sp³-hybridized carbons (Fsp3) is 0.727. The number of carbonyl (C=O) groups is 3. The van der Waals surface area contributed by atoms with Gasteiger partial charge >= 0.3 is 5.97 Å². The van der Waals surface area contributed by atoms with Crippen molar-refractivity contribution in [2.45, 2.75) is 46.1 Å². The molecular weight excluding hydrogens is 210 g/mol. The van der Waals surface area contributed by atoms with Crippen LogP contribution in [0.3, 0.4) is 0 Å². The van der Waals surface area contributed by atoms with Crippen LogP contribution < -0.4 is 5.32 Å². The third kappa shape index (κ3) is 3.64. The Kier molecular flexibility index (Phi) is 5.14. The lowest BCUT2D eigenvalue weighted by molar-refractivity contribution is -0.149. The largest absolute Gasteiger partial charge is 0.480 e. The monoisotopic (exact) mass is 229 g/mol. The Morgan fingerprint density at radius 2 is 1.88 bits per heavy atom. The van der Waals surface area contributed by atoms with Gasteiger partial charge in [-0.2, -0.15) is 0 Å². The van der Waals surface area contributed by atoms with Crippen LogP contribution in [0.2, 0.25) is 0 Å². The molecule has 0 unspecified atom stereocenters. The van der Waals surface area contributed by atoms with Gasteiger partial charge in [0.1, 0.15) is 11.3 Å². The van der Waals surface area contributed by atoms with Gasteiger partial charge in [-0.05, 0) is 19.8 Å². The first-order valence-corrected chi connectivity index (χ1v) is 5.27. The summed E-state index contributed by atoms with van der Waals surface area (Å²) in [4.78, 5) is 33.3. The molecule has 2 atom stereocenters. The predicted octanol–water partition coefficient (Wildman–Crippen LogP) is 0.971. The number of carbonyl (C=O) groups excluding carboxylic acids is 2. The molecule has 0 fully saturated rings. The molecule has 0 aliphatic carbocycles. The fourth-order valence-corrected chi connectivity index (χ4v) is 1.36. The number of hydrogen-bond donors (Lipinski definition) is 2. The van der Waals surface area contributed by atoms with Crippen molar-refractivity contribution in [2.24, 2.45) is 5.92 Å². The minimum atomic E-state index is -1.32. The van der Waals surface area contributed by atoms with Gasteiger partial charge in [0, 0.05) is 0 Å². The number of nitrogens with one attached hydrogen (secondary N) is 1. The number of amides is 1. The molecule has 0 aromatic rings. The van der Waals surface area contributed by atoms with Gasteiger partial charge in [-0.25, -0.2) is 4.79 Å². The number of Topliss-reactive ketones (excluding diaryl/α,β-unsaturated/α-hetero) is 1. The van der Waals surface area contributed by atoms with Gasteiger partial charge in [0.05, 0.1) is 6.42 Å². The molecule has 0 aromatic carbocycles. The number of carboxylic acids is 1. The molecule has 5 heteroatoms. The van der Waals surface area contributed by atoms with Crippen molar-refractivity contribution in [1.29, 1.82) is 0 Å². The molecule has 0 rings (SSSR count). The molecule has 0 aliphatic heterocycles. The van der Waals surface area contributed by atoms with E-state index in [-0.39, 0.29) is 18.1 Å². The van der Waals surface area contributed by atoms with E-state index in [1.807, 2.05) is 6.92 Å². The molecular formula is C11H19NO4. The van der Waals surface area contributed by atoms with Gasteiger partial charge in [-0.15, -0.1) is 0 Å². The van der Waals surface area contributed by atoms with Crippen LogP contribution in [0.15, 0.2) is 0 Å². The second-order valence-electron chi connectivity index (χ2n) is 4.24. The lowest BCUT2D eigenvalue weighted by Crippen LogP contribution is -2.56. The fourth-order valence-electron chi connectivity index (χ4n) is 1.36. The minimum Gasteiger partial charge on any atom is -0.480 e. The van der Waals surface area contributed by atoms with E-state index in [4.69, 9.17) is 5.11 Å². The van der Waals surface area contributed by atoms with Crippen molar-refractivity contribution in [3.05, 3.63) is 0 Å². The summed E-state index contributed by atoms with van der Waals surface area (Å²) >= 11 is 0. The van der Waals surface area contributed by atoms with Crippen molar-refractivity contribution in [1.82, 2.24) is 5.32 Å². The van der Waals surface area contributed by atoms with Crippen LogP contribution in [0.4, 0.5) is 0 Å². The summed E-state index contributed by atoms with van der Waals surface area (Å²) in [7, 11) is 0. The van der Waals surface area contributed by atoms with E-state index in [9.17, 15) is 14.4 Å². The lowest BCUT2D eigenvalue weighted by atomic mass is 9.85. The molecule has 1 amide bonds. The van der Waals surface area contributed by atoms with Crippen molar-refractivity contribution >= 4 is 17.7 Å². The van der Waals surface area contributed by atoms with Crippen molar-refractivity contribution in [2.75, 3.05) is 0 Å². The maximum absolute atomic E-state index is 11.4. The lowest BCUT2D eigenvalue weighted by Gasteiger charge is -2.31.